The van der Waals surface area contributed by atoms with Crippen molar-refractivity contribution in [1.29, 1.82) is 0 Å². The standard InChI is InChI=1S/C42H53NO6S2/c1-11-29-24-31(14-4)40-36(25-29)43(10)38(42(40,8)9)21-19-17-15-16-18-20-35(30(12-2)13-3)41(6,7)39-28(5)22-23-33-34(39)26-32(50(44,45)46)27-37(33)51(47,48)49/h15-27H,11-14H2,1-10H3,(H,44,45,46)(H,47,48,49). The van der Waals surface area contributed by atoms with Gasteiger partial charge < -0.3 is 4.90 Å². The minimum atomic E-state index is -4.82. The van der Waals surface area contributed by atoms with Crippen LogP contribution in [0, 0.1) is 6.92 Å². The third-order valence-electron chi connectivity index (χ3n) is 10.4. The first-order valence-corrected chi connectivity index (χ1v) is 20.5. The highest BCUT2D eigenvalue weighted by molar-refractivity contribution is 7.86. The van der Waals surface area contributed by atoms with Crippen molar-refractivity contribution < 1.29 is 25.9 Å². The van der Waals surface area contributed by atoms with Crippen molar-refractivity contribution in [1.82, 2.24) is 0 Å². The summed E-state index contributed by atoms with van der Waals surface area (Å²) in [5.74, 6) is 0. The highest BCUT2D eigenvalue weighted by atomic mass is 32.2. The van der Waals surface area contributed by atoms with Crippen molar-refractivity contribution in [3.63, 3.8) is 0 Å². The quantitative estimate of drug-likeness (QED) is 0.141. The van der Waals surface area contributed by atoms with Crippen molar-refractivity contribution in [2.75, 3.05) is 11.9 Å². The molecule has 4 rings (SSSR count). The van der Waals surface area contributed by atoms with E-state index in [9.17, 15) is 25.9 Å². The molecule has 0 amide bonds. The van der Waals surface area contributed by atoms with Crippen LogP contribution in [-0.2, 0) is 43.9 Å². The maximum Gasteiger partial charge on any atom is 0.295 e. The zero-order chi connectivity index (χ0) is 38.1. The molecule has 0 unspecified atom stereocenters. The van der Waals surface area contributed by atoms with E-state index < -0.39 is 35.4 Å². The highest BCUT2D eigenvalue weighted by Crippen LogP contribution is 2.49. The molecule has 9 heteroatoms. The van der Waals surface area contributed by atoms with Crippen molar-refractivity contribution in [3.8, 4) is 0 Å². The molecule has 51 heavy (non-hydrogen) atoms. The average Bonchev–Trinajstić information content (AvgIpc) is 3.25. The second kappa shape index (κ2) is 15.1. The number of hydrogen-bond acceptors (Lipinski definition) is 5. The summed E-state index contributed by atoms with van der Waals surface area (Å²) >= 11 is 0. The summed E-state index contributed by atoms with van der Waals surface area (Å²) in [6, 6.07) is 10.1. The summed E-state index contributed by atoms with van der Waals surface area (Å²) in [7, 11) is -7.46. The fourth-order valence-electron chi connectivity index (χ4n) is 7.92. The molecule has 1 aliphatic heterocycles. The number of fused-ring (bicyclic) bond motifs is 2. The zero-order valence-corrected chi connectivity index (χ0v) is 33.3. The number of likely N-dealkylation sites (N-methyl/N-ethyl adjacent to an activating group) is 1. The van der Waals surface area contributed by atoms with E-state index in [1.165, 1.54) is 39.7 Å². The average molecular weight is 732 g/mol. The van der Waals surface area contributed by atoms with Gasteiger partial charge >= 0.3 is 0 Å². The first kappa shape index (κ1) is 40.0. The van der Waals surface area contributed by atoms with Crippen LogP contribution in [-0.4, -0.2) is 33.0 Å². The van der Waals surface area contributed by atoms with Gasteiger partial charge in [0.05, 0.1) is 4.90 Å². The van der Waals surface area contributed by atoms with Gasteiger partial charge in [-0.05, 0) is 95.7 Å². The van der Waals surface area contributed by atoms with Gasteiger partial charge in [0, 0.05) is 34.6 Å². The number of allylic oxidation sites excluding steroid dienone is 10. The lowest BCUT2D eigenvalue weighted by atomic mass is 9.71. The van der Waals surface area contributed by atoms with Crippen LogP contribution >= 0.6 is 0 Å². The van der Waals surface area contributed by atoms with Gasteiger partial charge in [-0.3, -0.25) is 9.11 Å². The van der Waals surface area contributed by atoms with Gasteiger partial charge in [0.15, 0.2) is 0 Å². The van der Waals surface area contributed by atoms with E-state index in [4.69, 9.17) is 0 Å². The van der Waals surface area contributed by atoms with E-state index >= 15 is 0 Å². The molecule has 1 heterocycles. The van der Waals surface area contributed by atoms with Crippen LogP contribution in [0.1, 0.15) is 96.0 Å². The summed E-state index contributed by atoms with van der Waals surface area (Å²) in [5.41, 5.74) is 9.53. The van der Waals surface area contributed by atoms with E-state index in [0.29, 0.717) is 10.9 Å². The first-order chi connectivity index (χ1) is 23.7. The first-order valence-electron chi connectivity index (χ1n) is 17.6. The molecule has 2 N–H and O–H groups in total. The third-order valence-corrected chi connectivity index (χ3v) is 12.1. The van der Waals surface area contributed by atoms with Crippen LogP contribution < -0.4 is 4.90 Å². The molecule has 0 spiro atoms. The summed E-state index contributed by atoms with van der Waals surface area (Å²) in [6.07, 6.45) is 17.8. The molecule has 0 radical (unpaired) electrons. The molecule has 0 fully saturated rings. The van der Waals surface area contributed by atoms with Gasteiger partial charge in [0.2, 0.25) is 0 Å². The predicted molar refractivity (Wildman–Crippen MR) is 211 cm³/mol. The molecule has 3 aromatic carbocycles. The van der Waals surface area contributed by atoms with Gasteiger partial charge in [-0.15, -0.1) is 0 Å². The van der Waals surface area contributed by atoms with Crippen LogP contribution in [0.4, 0.5) is 5.69 Å². The molecule has 7 nitrogen and oxygen atoms in total. The number of nitrogens with zero attached hydrogens (tertiary/aromatic N) is 1. The fourth-order valence-corrected chi connectivity index (χ4v) is 9.26. The maximum absolute atomic E-state index is 12.4. The number of benzene rings is 3. The van der Waals surface area contributed by atoms with Gasteiger partial charge in [-0.1, -0.05) is 116 Å². The summed E-state index contributed by atoms with van der Waals surface area (Å²) in [4.78, 5) is 1.13. The Morgan fingerprint density at radius 3 is 2.02 bits per heavy atom. The van der Waals surface area contributed by atoms with E-state index in [-0.39, 0.29) is 10.8 Å². The minimum absolute atomic E-state index is 0.123. The Balaban J connectivity index is 1.74. The van der Waals surface area contributed by atoms with Crippen LogP contribution in [0.2, 0.25) is 0 Å². The summed E-state index contributed by atoms with van der Waals surface area (Å²) in [5, 5.41) is 0.497. The lowest BCUT2D eigenvalue weighted by Crippen LogP contribution is -2.23. The largest absolute Gasteiger partial charge is 0.347 e. The lowest BCUT2D eigenvalue weighted by molar-refractivity contribution is 0.482. The number of aryl methyl sites for hydroxylation is 3. The van der Waals surface area contributed by atoms with Gasteiger partial charge in [-0.25, -0.2) is 0 Å². The van der Waals surface area contributed by atoms with Gasteiger partial charge in [0.25, 0.3) is 20.2 Å². The normalized spacial score (nSPS) is 16.0. The SMILES string of the molecule is CCC(CC)=C(C=CC=CC=CC=C1N(C)c2cc(CC)cc(CC)c2C1(C)C)C(C)(C)c1c(C)ccc2c(S(=O)(=O)O)cc(S(=O)(=O)O)cc12. The second-order valence-corrected chi connectivity index (χ2v) is 17.1. The molecule has 0 saturated heterocycles. The van der Waals surface area contributed by atoms with E-state index in [0.717, 1.165) is 42.9 Å². The van der Waals surface area contributed by atoms with Crippen LogP contribution in [0.5, 0.6) is 0 Å². The molecule has 1 aliphatic rings. The molecule has 0 saturated carbocycles. The molecule has 0 bridgehead atoms. The number of rotatable bonds is 12. The minimum Gasteiger partial charge on any atom is -0.347 e. The predicted octanol–water partition coefficient (Wildman–Crippen LogP) is 10.1. The second-order valence-electron chi connectivity index (χ2n) is 14.3. The van der Waals surface area contributed by atoms with Crippen molar-refractivity contribution in [3.05, 3.63) is 124 Å². The third kappa shape index (κ3) is 7.87. The van der Waals surface area contributed by atoms with Crippen LogP contribution in [0.3, 0.4) is 0 Å². The number of anilines is 1. The van der Waals surface area contributed by atoms with Gasteiger partial charge in [0.1, 0.15) is 4.90 Å². The van der Waals surface area contributed by atoms with Crippen molar-refractivity contribution in [2.24, 2.45) is 0 Å². The van der Waals surface area contributed by atoms with Crippen LogP contribution in [0.15, 0.2) is 106 Å². The Morgan fingerprint density at radius 2 is 1.45 bits per heavy atom. The van der Waals surface area contributed by atoms with E-state index in [1.54, 1.807) is 12.1 Å². The molecule has 3 aromatic rings. The Kier molecular flexibility index (Phi) is 11.8. The van der Waals surface area contributed by atoms with E-state index in [2.05, 4.69) is 83.9 Å². The smallest absolute Gasteiger partial charge is 0.295 e. The summed E-state index contributed by atoms with van der Waals surface area (Å²) in [6.45, 7) is 19.1. The Hall–Kier alpha value is -3.76. The topological polar surface area (TPSA) is 112 Å². The van der Waals surface area contributed by atoms with Gasteiger partial charge in [-0.2, -0.15) is 16.8 Å². The molecule has 0 aromatic heterocycles. The zero-order valence-electron chi connectivity index (χ0n) is 31.6. The molecule has 0 atom stereocenters. The van der Waals surface area contributed by atoms with Crippen molar-refractivity contribution >= 4 is 36.7 Å². The number of hydrogen-bond donors (Lipinski definition) is 2. The molecular weight excluding hydrogens is 679 g/mol. The Labute approximate surface area is 305 Å². The summed E-state index contributed by atoms with van der Waals surface area (Å²) < 4.78 is 69.3. The fraction of sp³-hybridized carbons (Fsp3) is 0.381. The Bertz CT molecular complexity index is 2210. The van der Waals surface area contributed by atoms with Crippen LogP contribution in [0.25, 0.3) is 10.8 Å². The molecular formula is C42H53NO6S2. The van der Waals surface area contributed by atoms with E-state index in [1.807, 2.05) is 45.1 Å². The molecule has 274 valence electrons. The maximum atomic E-state index is 12.4. The van der Waals surface area contributed by atoms with Crippen molar-refractivity contribution in [2.45, 2.75) is 109 Å². The monoisotopic (exact) mass is 731 g/mol. The Morgan fingerprint density at radius 1 is 0.824 bits per heavy atom. The highest BCUT2D eigenvalue weighted by Gasteiger charge is 2.40. The molecule has 0 aliphatic carbocycles. The lowest BCUT2D eigenvalue weighted by Gasteiger charge is -2.33.